The first-order valence-corrected chi connectivity index (χ1v) is 5.37. The van der Waals surface area contributed by atoms with E-state index in [1.165, 1.54) is 0 Å². The van der Waals surface area contributed by atoms with E-state index in [2.05, 4.69) is 6.58 Å². The highest BCUT2D eigenvalue weighted by molar-refractivity contribution is 5.77. The average molecular weight is 233 g/mol. The SMILES string of the molecule is C=C1c2cc(OC)c(OC)cc2CCN1C=O. The van der Waals surface area contributed by atoms with Gasteiger partial charge in [-0.05, 0) is 24.1 Å². The van der Waals surface area contributed by atoms with Crippen LogP contribution in [0.5, 0.6) is 11.5 Å². The fraction of sp³-hybridized carbons (Fsp3) is 0.308. The van der Waals surface area contributed by atoms with Gasteiger partial charge in [-0.2, -0.15) is 0 Å². The number of ether oxygens (including phenoxy) is 2. The first kappa shape index (κ1) is 11.5. The molecule has 0 aromatic heterocycles. The molecule has 0 atom stereocenters. The first-order valence-electron chi connectivity index (χ1n) is 5.37. The molecule has 0 fully saturated rings. The van der Waals surface area contributed by atoms with Crippen LogP contribution in [0.1, 0.15) is 11.1 Å². The zero-order valence-electron chi connectivity index (χ0n) is 10.0. The summed E-state index contributed by atoms with van der Waals surface area (Å²) in [4.78, 5) is 12.5. The number of hydrogen-bond donors (Lipinski definition) is 0. The smallest absolute Gasteiger partial charge is 0.214 e. The Morgan fingerprint density at radius 2 is 1.94 bits per heavy atom. The van der Waals surface area contributed by atoms with Gasteiger partial charge < -0.3 is 14.4 Å². The molecule has 0 radical (unpaired) electrons. The number of nitrogens with zero attached hydrogens (tertiary/aromatic N) is 1. The average Bonchev–Trinajstić information content (AvgIpc) is 2.38. The van der Waals surface area contributed by atoms with E-state index in [0.29, 0.717) is 23.7 Å². The van der Waals surface area contributed by atoms with Gasteiger partial charge in [0, 0.05) is 17.8 Å². The molecule has 0 aliphatic carbocycles. The molecule has 0 unspecified atom stereocenters. The van der Waals surface area contributed by atoms with Crippen molar-refractivity contribution in [1.82, 2.24) is 4.90 Å². The second-order valence-corrected chi connectivity index (χ2v) is 3.86. The van der Waals surface area contributed by atoms with Crippen LogP contribution in [0.2, 0.25) is 0 Å². The van der Waals surface area contributed by atoms with Gasteiger partial charge in [0.05, 0.1) is 14.2 Å². The van der Waals surface area contributed by atoms with Crippen molar-refractivity contribution >= 4 is 12.1 Å². The molecule has 1 aromatic carbocycles. The quantitative estimate of drug-likeness (QED) is 0.746. The lowest BCUT2D eigenvalue weighted by Crippen LogP contribution is -2.27. The maximum Gasteiger partial charge on any atom is 0.214 e. The van der Waals surface area contributed by atoms with Gasteiger partial charge >= 0.3 is 0 Å². The minimum absolute atomic E-state index is 0.653. The Hall–Kier alpha value is -1.97. The fourth-order valence-corrected chi connectivity index (χ4v) is 2.04. The lowest BCUT2D eigenvalue weighted by molar-refractivity contribution is -0.115. The van der Waals surface area contributed by atoms with Gasteiger partial charge in [0.15, 0.2) is 11.5 Å². The third-order valence-electron chi connectivity index (χ3n) is 3.02. The van der Waals surface area contributed by atoms with Gasteiger partial charge in [0.2, 0.25) is 6.41 Å². The van der Waals surface area contributed by atoms with Crippen molar-refractivity contribution in [1.29, 1.82) is 0 Å². The molecule has 1 aliphatic heterocycles. The van der Waals surface area contributed by atoms with Gasteiger partial charge in [-0.15, -0.1) is 0 Å². The summed E-state index contributed by atoms with van der Waals surface area (Å²) < 4.78 is 10.5. The summed E-state index contributed by atoms with van der Waals surface area (Å²) in [7, 11) is 3.20. The summed E-state index contributed by atoms with van der Waals surface area (Å²) in [6.45, 7) is 4.59. The number of methoxy groups -OCH3 is 2. The maximum absolute atomic E-state index is 10.9. The van der Waals surface area contributed by atoms with Crippen LogP contribution in [0.15, 0.2) is 18.7 Å². The summed E-state index contributed by atoms with van der Waals surface area (Å²) in [5, 5.41) is 0. The standard InChI is InChI=1S/C13H15NO3/c1-9-11-7-13(17-3)12(16-2)6-10(11)4-5-14(9)8-15/h6-8H,1,4-5H2,2-3H3. The van der Waals surface area contributed by atoms with Gasteiger partial charge in [-0.25, -0.2) is 0 Å². The summed E-state index contributed by atoms with van der Waals surface area (Å²) in [5.41, 5.74) is 2.79. The van der Waals surface area contributed by atoms with Gasteiger partial charge in [0.25, 0.3) is 0 Å². The Morgan fingerprint density at radius 3 is 2.53 bits per heavy atom. The second-order valence-electron chi connectivity index (χ2n) is 3.86. The largest absolute Gasteiger partial charge is 0.493 e. The normalized spacial score (nSPS) is 14.2. The molecule has 4 heteroatoms. The molecule has 0 bridgehead atoms. The second kappa shape index (κ2) is 4.49. The van der Waals surface area contributed by atoms with Crippen molar-refractivity contribution in [2.45, 2.75) is 6.42 Å². The van der Waals surface area contributed by atoms with Gasteiger partial charge in [-0.1, -0.05) is 6.58 Å². The molecule has 17 heavy (non-hydrogen) atoms. The highest BCUT2D eigenvalue weighted by Gasteiger charge is 2.21. The maximum atomic E-state index is 10.9. The van der Waals surface area contributed by atoms with Gasteiger partial charge in [0.1, 0.15) is 0 Å². The predicted octanol–water partition coefficient (Wildman–Crippen LogP) is 1.69. The molecule has 90 valence electrons. The lowest BCUT2D eigenvalue weighted by Gasteiger charge is -2.28. The third kappa shape index (κ3) is 1.86. The Bertz CT molecular complexity index is 468. The van der Waals surface area contributed by atoms with Crippen molar-refractivity contribution in [2.75, 3.05) is 20.8 Å². The van der Waals surface area contributed by atoms with Crippen molar-refractivity contribution in [3.05, 3.63) is 29.8 Å². The molecule has 2 rings (SSSR count). The van der Waals surface area contributed by atoms with Crippen LogP contribution < -0.4 is 9.47 Å². The molecule has 0 saturated carbocycles. The van der Waals surface area contributed by atoms with E-state index < -0.39 is 0 Å². The molecule has 0 spiro atoms. The predicted molar refractivity (Wildman–Crippen MR) is 65.1 cm³/mol. The number of carbonyl (C=O) groups is 1. The molecule has 4 nitrogen and oxygen atoms in total. The van der Waals surface area contributed by atoms with Gasteiger partial charge in [-0.3, -0.25) is 4.79 Å². The highest BCUT2D eigenvalue weighted by atomic mass is 16.5. The first-order chi connectivity index (χ1) is 8.21. The zero-order chi connectivity index (χ0) is 12.4. The van der Waals surface area contributed by atoms with E-state index in [4.69, 9.17) is 9.47 Å². The Balaban J connectivity index is 2.50. The summed E-state index contributed by atoms with van der Waals surface area (Å²) >= 11 is 0. The van der Waals surface area contributed by atoms with Crippen LogP contribution in [0.25, 0.3) is 5.70 Å². The third-order valence-corrected chi connectivity index (χ3v) is 3.02. The Labute approximate surface area is 100 Å². The molecule has 1 aromatic rings. The topological polar surface area (TPSA) is 38.8 Å². The molecular weight excluding hydrogens is 218 g/mol. The summed E-state index contributed by atoms with van der Waals surface area (Å²) in [5.74, 6) is 1.36. The van der Waals surface area contributed by atoms with Crippen molar-refractivity contribution in [3.8, 4) is 11.5 Å². The number of fused-ring (bicyclic) bond motifs is 1. The van der Waals surface area contributed by atoms with Crippen molar-refractivity contribution in [3.63, 3.8) is 0 Å². The van der Waals surface area contributed by atoms with E-state index in [1.807, 2.05) is 12.1 Å². The van der Waals surface area contributed by atoms with E-state index in [0.717, 1.165) is 24.0 Å². The number of hydrogen-bond acceptors (Lipinski definition) is 3. The molecule has 1 aliphatic rings. The molecule has 1 amide bonds. The Kier molecular flexibility index (Phi) is 3.04. The molecule has 0 N–H and O–H groups in total. The fourth-order valence-electron chi connectivity index (χ4n) is 2.04. The summed E-state index contributed by atoms with van der Waals surface area (Å²) in [6, 6.07) is 3.81. The number of amides is 1. The van der Waals surface area contributed by atoms with Crippen LogP contribution in [0.4, 0.5) is 0 Å². The zero-order valence-corrected chi connectivity index (χ0v) is 10.0. The van der Waals surface area contributed by atoms with Crippen molar-refractivity contribution < 1.29 is 14.3 Å². The minimum atomic E-state index is 0.653. The molecule has 1 heterocycles. The van der Waals surface area contributed by atoms with E-state index in [-0.39, 0.29) is 0 Å². The van der Waals surface area contributed by atoms with Crippen LogP contribution in [-0.2, 0) is 11.2 Å². The van der Waals surface area contributed by atoms with E-state index in [9.17, 15) is 4.79 Å². The van der Waals surface area contributed by atoms with Crippen LogP contribution >= 0.6 is 0 Å². The van der Waals surface area contributed by atoms with Crippen LogP contribution in [-0.4, -0.2) is 32.1 Å². The molecule has 0 saturated heterocycles. The van der Waals surface area contributed by atoms with Crippen molar-refractivity contribution in [2.24, 2.45) is 0 Å². The lowest BCUT2D eigenvalue weighted by atomic mass is 9.96. The van der Waals surface area contributed by atoms with E-state index in [1.54, 1.807) is 19.1 Å². The van der Waals surface area contributed by atoms with Crippen LogP contribution in [0.3, 0.4) is 0 Å². The monoisotopic (exact) mass is 233 g/mol. The summed E-state index contributed by atoms with van der Waals surface area (Å²) in [6.07, 6.45) is 1.61. The molecular formula is C13H15NO3. The number of carbonyl (C=O) groups excluding carboxylic acids is 1. The highest BCUT2D eigenvalue weighted by Crippen LogP contribution is 2.36. The van der Waals surface area contributed by atoms with E-state index >= 15 is 0 Å². The van der Waals surface area contributed by atoms with Crippen LogP contribution in [0, 0.1) is 0 Å². The number of benzene rings is 1. The minimum Gasteiger partial charge on any atom is -0.493 e. The number of rotatable bonds is 3. The Morgan fingerprint density at radius 1 is 1.29 bits per heavy atom.